The Labute approximate surface area is 201 Å². The summed E-state index contributed by atoms with van der Waals surface area (Å²) in [5.41, 5.74) is 7.46. The lowest BCUT2D eigenvalue weighted by molar-refractivity contribution is 0.409. The lowest BCUT2D eigenvalue weighted by atomic mass is 9.94. The molecule has 4 heterocycles. The molecule has 0 unspecified atom stereocenters. The molecule has 5 rings (SSSR count). The Morgan fingerprint density at radius 3 is 2.47 bits per heavy atom. The summed E-state index contributed by atoms with van der Waals surface area (Å²) in [4.78, 5) is 14.4. The molecule has 0 radical (unpaired) electrons. The molecule has 3 aliphatic rings. The molecule has 0 bridgehead atoms. The Bertz CT molecular complexity index is 1100. The van der Waals surface area contributed by atoms with Gasteiger partial charge >= 0.3 is 0 Å². The predicted octanol–water partition coefficient (Wildman–Crippen LogP) is 4.49. The molecule has 3 aliphatic heterocycles. The van der Waals surface area contributed by atoms with Gasteiger partial charge in [0.2, 0.25) is 5.95 Å². The van der Waals surface area contributed by atoms with Crippen molar-refractivity contribution in [3.63, 3.8) is 0 Å². The number of hydrazone groups is 1. The highest BCUT2D eigenvalue weighted by atomic mass is 15.3. The number of piperidine rings is 2. The van der Waals surface area contributed by atoms with Crippen molar-refractivity contribution in [1.29, 1.82) is 5.26 Å². The van der Waals surface area contributed by atoms with Crippen LogP contribution in [0.1, 0.15) is 50.3 Å². The molecule has 0 amide bonds. The van der Waals surface area contributed by atoms with Crippen molar-refractivity contribution >= 4 is 35.1 Å². The van der Waals surface area contributed by atoms with Gasteiger partial charge in [-0.15, -0.1) is 0 Å². The summed E-state index contributed by atoms with van der Waals surface area (Å²) in [6.45, 7) is 10.4. The molecule has 1 aromatic carbocycles. The Balaban J connectivity index is 1.37. The van der Waals surface area contributed by atoms with Crippen LogP contribution in [0.3, 0.4) is 0 Å². The molecular formula is C26H32N8. The van der Waals surface area contributed by atoms with E-state index in [1.54, 1.807) is 6.21 Å². The van der Waals surface area contributed by atoms with Gasteiger partial charge in [0.25, 0.3) is 0 Å². The molecule has 2 saturated heterocycles. The molecule has 1 aromatic heterocycles. The van der Waals surface area contributed by atoms with Crippen LogP contribution in [0.5, 0.6) is 0 Å². The minimum atomic E-state index is 0.462. The van der Waals surface area contributed by atoms with Crippen LogP contribution in [-0.4, -0.2) is 42.4 Å². The van der Waals surface area contributed by atoms with Crippen LogP contribution in [0.15, 0.2) is 35.9 Å². The predicted molar refractivity (Wildman–Crippen MR) is 137 cm³/mol. The Hall–Kier alpha value is -3.60. The smallest absolute Gasteiger partial charge is 0.227 e. The minimum Gasteiger partial charge on any atom is -0.372 e. The van der Waals surface area contributed by atoms with Crippen molar-refractivity contribution < 1.29 is 0 Å². The number of anilines is 4. The molecule has 8 heteroatoms. The van der Waals surface area contributed by atoms with E-state index < -0.39 is 0 Å². The number of benzene rings is 1. The van der Waals surface area contributed by atoms with Gasteiger partial charge in [0.15, 0.2) is 0 Å². The van der Waals surface area contributed by atoms with Crippen LogP contribution < -0.4 is 20.5 Å². The van der Waals surface area contributed by atoms with Crippen molar-refractivity contribution in [3.05, 3.63) is 42.1 Å². The fraction of sp³-hybridized carbons (Fsp3) is 0.462. The van der Waals surface area contributed by atoms with Crippen molar-refractivity contribution in [2.24, 2.45) is 16.9 Å². The van der Waals surface area contributed by atoms with Crippen molar-refractivity contribution in [3.8, 4) is 6.07 Å². The van der Waals surface area contributed by atoms with E-state index in [-0.39, 0.29) is 0 Å². The van der Waals surface area contributed by atoms with E-state index in [1.807, 2.05) is 0 Å². The molecule has 0 aliphatic carbocycles. The monoisotopic (exact) mass is 456 g/mol. The first kappa shape index (κ1) is 22.2. The Morgan fingerprint density at radius 2 is 1.76 bits per heavy atom. The van der Waals surface area contributed by atoms with Crippen LogP contribution in [0.4, 0.5) is 23.1 Å². The van der Waals surface area contributed by atoms with E-state index in [0.29, 0.717) is 24.0 Å². The summed E-state index contributed by atoms with van der Waals surface area (Å²) in [5.74, 6) is 2.69. The normalized spacial score (nSPS) is 18.9. The fourth-order valence-corrected chi connectivity index (χ4v) is 4.94. The zero-order chi connectivity index (χ0) is 23.5. The lowest BCUT2D eigenvalue weighted by Gasteiger charge is -2.32. The second-order valence-corrected chi connectivity index (χ2v) is 9.62. The summed E-state index contributed by atoms with van der Waals surface area (Å²) < 4.78 is 0. The molecule has 34 heavy (non-hydrogen) atoms. The van der Waals surface area contributed by atoms with Gasteiger partial charge in [-0.25, -0.2) is 4.98 Å². The van der Waals surface area contributed by atoms with Gasteiger partial charge in [0.05, 0.1) is 23.5 Å². The highest BCUT2D eigenvalue weighted by Crippen LogP contribution is 2.32. The number of nitrogens with one attached hydrogen (secondary N) is 2. The molecule has 176 valence electrons. The lowest BCUT2D eigenvalue weighted by Crippen LogP contribution is -2.35. The van der Waals surface area contributed by atoms with E-state index in [2.05, 4.69) is 69.5 Å². The van der Waals surface area contributed by atoms with Crippen LogP contribution in [0.2, 0.25) is 0 Å². The van der Waals surface area contributed by atoms with E-state index in [1.165, 1.54) is 18.5 Å². The Kier molecular flexibility index (Phi) is 6.35. The highest BCUT2D eigenvalue weighted by molar-refractivity contribution is 5.93. The maximum Gasteiger partial charge on any atom is 0.227 e. The van der Waals surface area contributed by atoms with Crippen molar-refractivity contribution in [1.82, 2.24) is 15.4 Å². The standard InChI is InChI=1S/C26H32N8/c1-18-8-13-33(14-9-18)22-5-3-21(4-6-22)29-25-24-19(2)32-28-17-23(24)30-26(31-25)34-15-10-20(7-12-27)11-16-34/h3-6,17-18,20,32H,2,7-11,13-16H2,1H3,(H,29,30,31). The Morgan fingerprint density at radius 1 is 1.06 bits per heavy atom. The van der Waals surface area contributed by atoms with Gasteiger partial charge < -0.3 is 15.1 Å². The quantitative estimate of drug-likeness (QED) is 0.684. The first-order valence-corrected chi connectivity index (χ1v) is 12.2. The van der Waals surface area contributed by atoms with Gasteiger partial charge in [0.1, 0.15) is 11.5 Å². The van der Waals surface area contributed by atoms with Gasteiger partial charge in [0, 0.05) is 44.0 Å². The zero-order valence-electron chi connectivity index (χ0n) is 19.8. The average molecular weight is 457 g/mol. The van der Waals surface area contributed by atoms with Gasteiger partial charge in [-0.2, -0.15) is 15.3 Å². The zero-order valence-corrected chi connectivity index (χ0v) is 19.8. The number of nitriles is 1. The highest BCUT2D eigenvalue weighted by Gasteiger charge is 2.25. The van der Waals surface area contributed by atoms with Crippen molar-refractivity contribution in [2.45, 2.75) is 39.0 Å². The van der Waals surface area contributed by atoms with Gasteiger partial charge in [-0.3, -0.25) is 5.43 Å². The van der Waals surface area contributed by atoms with E-state index >= 15 is 0 Å². The second-order valence-electron chi connectivity index (χ2n) is 9.62. The summed E-state index contributed by atoms with van der Waals surface area (Å²) in [6, 6.07) is 10.9. The van der Waals surface area contributed by atoms with Crippen molar-refractivity contribution in [2.75, 3.05) is 41.3 Å². The van der Waals surface area contributed by atoms with Gasteiger partial charge in [-0.05, 0) is 61.8 Å². The molecular weight excluding hydrogens is 424 g/mol. The summed E-state index contributed by atoms with van der Waals surface area (Å²) in [7, 11) is 0. The molecule has 2 fully saturated rings. The third kappa shape index (κ3) is 4.69. The second kappa shape index (κ2) is 9.72. The fourth-order valence-electron chi connectivity index (χ4n) is 4.94. The third-order valence-electron chi connectivity index (χ3n) is 7.17. The van der Waals surface area contributed by atoms with Gasteiger partial charge in [-0.1, -0.05) is 13.5 Å². The molecule has 0 saturated carbocycles. The van der Waals surface area contributed by atoms with Crippen LogP contribution in [0.25, 0.3) is 5.70 Å². The number of fused-ring (bicyclic) bond motifs is 1. The van der Waals surface area contributed by atoms with Crippen LogP contribution >= 0.6 is 0 Å². The number of rotatable bonds is 5. The maximum absolute atomic E-state index is 9.01. The van der Waals surface area contributed by atoms with E-state index in [4.69, 9.17) is 15.2 Å². The van der Waals surface area contributed by atoms with Crippen LogP contribution in [-0.2, 0) is 0 Å². The molecule has 0 atom stereocenters. The molecule has 2 aromatic rings. The van der Waals surface area contributed by atoms with Crippen LogP contribution in [0, 0.1) is 23.2 Å². The first-order chi connectivity index (χ1) is 16.6. The topological polar surface area (TPSA) is 92.5 Å². The third-order valence-corrected chi connectivity index (χ3v) is 7.17. The SMILES string of the molecule is C=C1NN=Cc2nc(N3CCC(CC#N)CC3)nc(Nc3ccc(N4CCC(C)CC4)cc3)c21. The molecule has 0 spiro atoms. The van der Waals surface area contributed by atoms with E-state index in [9.17, 15) is 0 Å². The molecule has 8 nitrogen and oxygen atoms in total. The molecule has 2 N–H and O–H groups in total. The summed E-state index contributed by atoms with van der Waals surface area (Å²) in [6.07, 6.45) is 6.81. The minimum absolute atomic E-state index is 0.462. The average Bonchev–Trinajstić information content (AvgIpc) is 2.86. The first-order valence-electron chi connectivity index (χ1n) is 12.2. The number of aromatic nitrogens is 2. The number of hydrogen-bond acceptors (Lipinski definition) is 8. The summed E-state index contributed by atoms with van der Waals surface area (Å²) >= 11 is 0. The maximum atomic E-state index is 9.01. The summed E-state index contributed by atoms with van der Waals surface area (Å²) in [5, 5.41) is 16.7. The number of nitrogens with zero attached hydrogens (tertiary/aromatic N) is 6. The number of hydrogen-bond donors (Lipinski definition) is 2. The van der Waals surface area contributed by atoms with E-state index in [0.717, 1.165) is 67.7 Å². The largest absolute Gasteiger partial charge is 0.372 e.